The van der Waals surface area contributed by atoms with Crippen molar-refractivity contribution in [2.45, 2.75) is 4.90 Å². The molecule has 0 aromatic heterocycles. The topological polar surface area (TPSA) is 55.1 Å². The molecule has 0 saturated heterocycles. The maximum Gasteiger partial charge on any atom is 0.234 e. The van der Waals surface area contributed by atoms with Gasteiger partial charge in [0.05, 0.1) is 5.75 Å². The Morgan fingerprint density at radius 1 is 1.21 bits per heavy atom. The summed E-state index contributed by atoms with van der Waals surface area (Å²) in [5, 5.41) is 2.85. The highest BCUT2D eigenvalue weighted by Crippen LogP contribution is 2.20. The maximum absolute atomic E-state index is 11.8. The van der Waals surface area contributed by atoms with Crippen LogP contribution in [-0.2, 0) is 4.79 Å². The van der Waals surface area contributed by atoms with Crippen molar-refractivity contribution >= 4 is 45.0 Å². The lowest BCUT2D eigenvalue weighted by atomic mass is 10.3. The molecule has 2 rings (SSSR count). The number of rotatable bonds is 4. The number of benzene rings is 2. The van der Waals surface area contributed by atoms with Gasteiger partial charge in [-0.15, -0.1) is 11.8 Å². The normalized spacial score (nSPS) is 10.2. The fourth-order valence-corrected chi connectivity index (χ4v) is 2.57. The van der Waals surface area contributed by atoms with Crippen LogP contribution in [-0.4, -0.2) is 11.7 Å². The molecule has 19 heavy (non-hydrogen) atoms. The summed E-state index contributed by atoms with van der Waals surface area (Å²) >= 11 is 4.85. The minimum atomic E-state index is -0.0278. The van der Waals surface area contributed by atoms with Crippen LogP contribution in [0.4, 0.5) is 11.4 Å². The standard InChI is InChI=1S/C14H13BrN2OS/c15-10-2-1-3-12(8-10)17-14(18)9-19-13-6-4-11(16)5-7-13/h1-8H,9,16H2,(H,17,18). The molecule has 0 bridgehead atoms. The summed E-state index contributed by atoms with van der Waals surface area (Å²) < 4.78 is 0.941. The quantitative estimate of drug-likeness (QED) is 0.660. The third-order valence-electron chi connectivity index (χ3n) is 2.36. The van der Waals surface area contributed by atoms with Gasteiger partial charge in [0.15, 0.2) is 0 Å². The molecule has 2 aromatic rings. The minimum Gasteiger partial charge on any atom is -0.399 e. The van der Waals surface area contributed by atoms with E-state index in [0.29, 0.717) is 5.75 Å². The number of nitrogens with two attached hydrogens (primary N) is 1. The van der Waals surface area contributed by atoms with Crippen LogP contribution in [0.25, 0.3) is 0 Å². The van der Waals surface area contributed by atoms with E-state index in [-0.39, 0.29) is 5.91 Å². The lowest BCUT2D eigenvalue weighted by Gasteiger charge is -2.05. The number of halogens is 1. The van der Waals surface area contributed by atoms with Crippen LogP contribution in [0, 0.1) is 0 Å². The Hall–Kier alpha value is -1.46. The van der Waals surface area contributed by atoms with E-state index in [9.17, 15) is 4.79 Å². The molecule has 5 heteroatoms. The van der Waals surface area contributed by atoms with E-state index in [1.54, 1.807) is 0 Å². The summed E-state index contributed by atoms with van der Waals surface area (Å²) in [6.45, 7) is 0. The summed E-state index contributed by atoms with van der Waals surface area (Å²) in [5.41, 5.74) is 7.12. The lowest BCUT2D eigenvalue weighted by Crippen LogP contribution is -2.13. The molecule has 0 fully saturated rings. The number of anilines is 2. The van der Waals surface area contributed by atoms with E-state index < -0.39 is 0 Å². The average molecular weight is 337 g/mol. The third kappa shape index (κ3) is 4.61. The zero-order valence-corrected chi connectivity index (χ0v) is 12.5. The van der Waals surface area contributed by atoms with Crippen LogP contribution in [0.3, 0.4) is 0 Å². The summed E-state index contributed by atoms with van der Waals surface area (Å²) in [6.07, 6.45) is 0. The molecule has 0 heterocycles. The van der Waals surface area contributed by atoms with Crippen LogP contribution >= 0.6 is 27.7 Å². The molecule has 0 radical (unpaired) electrons. The summed E-state index contributed by atoms with van der Waals surface area (Å²) in [4.78, 5) is 12.8. The van der Waals surface area contributed by atoms with Crippen molar-refractivity contribution in [2.75, 3.05) is 16.8 Å². The average Bonchev–Trinajstić information content (AvgIpc) is 2.38. The minimum absolute atomic E-state index is 0.0278. The van der Waals surface area contributed by atoms with E-state index in [1.165, 1.54) is 11.8 Å². The number of hydrogen-bond donors (Lipinski definition) is 2. The van der Waals surface area contributed by atoms with Gasteiger partial charge in [-0.1, -0.05) is 22.0 Å². The highest BCUT2D eigenvalue weighted by molar-refractivity contribution is 9.10. The molecule has 0 saturated carbocycles. The molecule has 0 aliphatic heterocycles. The number of nitrogens with one attached hydrogen (secondary N) is 1. The highest BCUT2D eigenvalue weighted by Gasteiger charge is 2.04. The molecule has 0 atom stereocenters. The van der Waals surface area contributed by atoms with E-state index in [1.807, 2.05) is 48.5 Å². The predicted molar refractivity (Wildman–Crippen MR) is 84.4 cm³/mol. The molecule has 3 N–H and O–H groups in total. The van der Waals surface area contributed by atoms with Gasteiger partial charge >= 0.3 is 0 Å². The number of thioether (sulfide) groups is 1. The number of carbonyl (C=O) groups excluding carboxylic acids is 1. The van der Waals surface area contributed by atoms with E-state index >= 15 is 0 Å². The van der Waals surface area contributed by atoms with Crippen molar-refractivity contribution in [3.8, 4) is 0 Å². The number of carbonyl (C=O) groups is 1. The van der Waals surface area contributed by atoms with Gasteiger partial charge in [-0.2, -0.15) is 0 Å². The maximum atomic E-state index is 11.8. The van der Waals surface area contributed by atoms with Crippen LogP contribution in [0.5, 0.6) is 0 Å². The van der Waals surface area contributed by atoms with Crippen LogP contribution in [0.2, 0.25) is 0 Å². The largest absolute Gasteiger partial charge is 0.399 e. The van der Waals surface area contributed by atoms with Crippen molar-refractivity contribution in [1.29, 1.82) is 0 Å². The molecular weight excluding hydrogens is 324 g/mol. The van der Waals surface area contributed by atoms with E-state index in [2.05, 4.69) is 21.2 Å². The van der Waals surface area contributed by atoms with Gasteiger partial charge in [-0.25, -0.2) is 0 Å². The van der Waals surface area contributed by atoms with Crippen molar-refractivity contribution in [1.82, 2.24) is 0 Å². The number of hydrogen-bond acceptors (Lipinski definition) is 3. The highest BCUT2D eigenvalue weighted by atomic mass is 79.9. The summed E-state index contributed by atoms with van der Waals surface area (Å²) in [5.74, 6) is 0.344. The third-order valence-corrected chi connectivity index (χ3v) is 3.86. The van der Waals surface area contributed by atoms with Gasteiger partial charge < -0.3 is 11.1 Å². The molecule has 98 valence electrons. The van der Waals surface area contributed by atoms with E-state index in [4.69, 9.17) is 5.73 Å². The van der Waals surface area contributed by atoms with Crippen molar-refractivity contribution in [3.63, 3.8) is 0 Å². The van der Waals surface area contributed by atoms with Gasteiger partial charge in [-0.3, -0.25) is 4.79 Å². The molecule has 1 amide bonds. The SMILES string of the molecule is Nc1ccc(SCC(=O)Nc2cccc(Br)c2)cc1. The van der Waals surface area contributed by atoms with Crippen molar-refractivity contribution in [3.05, 3.63) is 53.0 Å². The Morgan fingerprint density at radius 3 is 2.63 bits per heavy atom. The second-order valence-corrected chi connectivity index (χ2v) is 5.88. The molecule has 0 spiro atoms. The molecule has 2 aromatic carbocycles. The Labute approximate surface area is 124 Å². The molecule has 3 nitrogen and oxygen atoms in total. The molecule has 0 aliphatic rings. The predicted octanol–water partition coefficient (Wildman–Crippen LogP) is 3.76. The molecule has 0 unspecified atom stereocenters. The van der Waals surface area contributed by atoms with Crippen LogP contribution in [0.1, 0.15) is 0 Å². The Bertz CT molecular complexity index is 572. The first-order valence-electron chi connectivity index (χ1n) is 5.67. The zero-order valence-electron chi connectivity index (χ0n) is 10.1. The first kappa shape index (κ1) is 14.0. The number of nitrogen functional groups attached to an aromatic ring is 1. The van der Waals surface area contributed by atoms with Gasteiger partial charge in [0, 0.05) is 20.7 Å². The fourth-order valence-electron chi connectivity index (χ4n) is 1.48. The van der Waals surface area contributed by atoms with Crippen molar-refractivity contribution < 1.29 is 4.79 Å². The zero-order chi connectivity index (χ0) is 13.7. The fraction of sp³-hybridized carbons (Fsp3) is 0.0714. The second kappa shape index (κ2) is 6.63. The van der Waals surface area contributed by atoms with Gasteiger partial charge in [0.25, 0.3) is 0 Å². The smallest absolute Gasteiger partial charge is 0.234 e. The monoisotopic (exact) mass is 336 g/mol. The second-order valence-electron chi connectivity index (χ2n) is 3.92. The summed E-state index contributed by atoms with van der Waals surface area (Å²) in [7, 11) is 0. The molecule has 0 aliphatic carbocycles. The van der Waals surface area contributed by atoms with Crippen LogP contribution < -0.4 is 11.1 Å². The van der Waals surface area contributed by atoms with Crippen LogP contribution in [0.15, 0.2) is 57.9 Å². The first-order valence-corrected chi connectivity index (χ1v) is 7.45. The lowest BCUT2D eigenvalue weighted by molar-refractivity contribution is -0.113. The Balaban J connectivity index is 1.86. The van der Waals surface area contributed by atoms with Gasteiger partial charge in [0.2, 0.25) is 5.91 Å². The van der Waals surface area contributed by atoms with Crippen molar-refractivity contribution in [2.24, 2.45) is 0 Å². The summed E-state index contributed by atoms with van der Waals surface area (Å²) in [6, 6.07) is 15.0. The molecular formula is C14H13BrN2OS. The van der Waals surface area contributed by atoms with Gasteiger partial charge in [-0.05, 0) is 42.5 Å². The van der Waals surface area contributed by atoms with Gasteiger partial charge in [0.1, 0.15) is 0 Å². The Kier molecular flexibility index (Phi) is 4.87. The number of amides is 1. The van der Waals surface area contributed by atoms with E-state index in [0.717, 1.165) is 20.7 Å². The Morgan fingerprint density at radius 2 is 1.95 bits per heavy atom. The first-order chi connectivity index (χ1) is 9.13.